The lowest BCUT2D eigenvalue weighted by Gasteiger charge is -2.33. The first-order chi connectivity index (χ1) is 15.1. The number of hydrazine groups is 2. The largest absolute Gasteiger partial charge is 0.381 e. The van der Waals surface area contributed by atoms with Crippen LogP contribution in [0.15, 0.2) is 59.2 Å². The molecule has 3 aliphatic rings. The van der Waals surface area contributed by atoms with Gasteiger partial charge in [0.05, 0.1) is 24.5 Å². The standard InChI is InChI=1S/C22H28N8O/c1-27-13-17(11-25-27)21-22-20(14-29(23)15-24-22)30(26-21)12-16-4-3-5-18(10-16)28-8-6-19(31-2)7-9-28/h3-5,10-11,13-15,19,26H,6-9,12,23H2,1-2H3. The van der Waals surface area contributed by atoms with Gasteiger partial charge in [0.1, 0.15) is 17.7 Å². The monoisotopic (exact) mass is 420 g/mol. The molecule has 3 aliphatic heterocycles. The second-order valence-corrected chi connectivity index (χ2v) is 8.12. The molecular formula is C22H28N8O. The van der Waals surface area contributed by atoms with Crippen molar-refractivity contribution in [1.29, 1.82) is 0 Å². The summed E-state index contributed by atoms with van der Waals surface area (Å²) >= 11 is 0. The summed E-state index contributed by atoms with van der Waals surface area (Å²) in [6.45, 7) is 2.72. The number of piperidine rings is 1. The van der Waals surface area contributed by atoms with Crippen molar-refractivity contribution in [3.63, 3.8) is 0 Å². The van der Waals surface area contributed by atoms with Crippen molar-refractivity contribution in [1.82, 2.24) is 25.2 Å². The van der Waals surface area contributed by atoms with Gasteiger partial charge in [-0.2, -0.15) is 5.10 Å². The first-order valence-corrected chi connectivity index (χ1v) is 10.5. The maximum atomic E-state index is 5.98. The number of anilines is 1. The molecule has 0 amide bonds. The zero-order chi connectivity index (χ0) is 21.4. The molecule has 0 saturated carbocycles. The highest BCUT2D eigenvalue weighted by Crippen LogP contribution is 2.34. The van der Waals surface area contributed by atoms with Crippen LogP contribution in [-0.2, 0) is 18.3 Å². The lowest BCUT2D eigenvalue weighted by Crippen LogP contribution is -2.36. The fourth-order valence-electron chi connectivity index (χ4n) is 4.32. The van der Waals surface area contributed by atoms with Gasteiger partial charge in [-0.05, 0) is 30.5 Å². The van der Waals surface area contributed by atoms with Gasteiger partial charge in [-0.25, -0.2) is 10.8 Å². The average Bonchev–Trinajstić information content (AvgIpc) is 3.37. The van der Waals surface area contributed by atoms with E-state index < -0.39 is 0 Å². The number of hydrogen-bond acceptors (Lipinski definition) is 8. The van der Waals surface area contributed by atoms with E-state index in [9.17, 15) is 0 Å². The summed E-state index contributed by atoms with van der Waals surface area (Å²) in [6.07, 6.45) is 9.82. The topological polar surface area (TPSA) is 87.2 Å². The molecule has 1 aromatic heterocycles. The van der Waals surface area contributed by atoms with Crippen molar-refractivity contribution in [3.05, 3.63) is 65.4 Å². The summed E-state index contributed by atoms with van der Waals surface area (Å²) in [4.78, 5) is 7.00. The van der Waals surface area contributed by atoms with Crippen LogP contribution in [0.5, 0.6) is 0 Å². The minimum atomic E-state index is 0.377. The van der Waals surface area contributed by atoms with Crippen molar-refractivity contribution < 1.29 is 4.74 Å². The SMILES string of the molecule is COC1CCN(c2cccc(CN3NC(c4cnn(C)c4)=C4N=CN(N)C=C43)c2)CC1. The maximum absolute atomic E-state index is 5.98. The molecule has 9 heteroatoms. The summed E-state index contributed by atoms with van der Waals surface area (Å²) < 4.78 is 7.30. The Balaban J connectivity index is 1.36. The lowest BCUT2D eigenvalue weighted by atomic mass is 10.1. The molecule has 2 aromatic rings. The molecular weight excluding hydrogens is 392 g/mol. The highest BCUT2D eigenvalue weighted by atomic mass is 16.5. The number of nitrogens with one attached hydrogen (secondary N) is 1. The third-order valence-electron chi connectivity index (χ3n) is 5.99. The third-order valence-corrected chi connectivity index (χ3v) is 5.99. The molecule has 0 atom stereocenters. The molecule has 0 aliphatic carbocycles. The molecule has 1 fully saturated rings. The minimum Gasteiger partial charge on any atom is -0.381 e. The van der Waals surface area contributed by atoms with Gasteiger partial charge in [-0.1, -0.05) is 12.1 Å². The number of hydrogen-bond donors (Lipinski definition) is 2. The molecule has 9 nitrogen and oxygen atoms in total. The summed E-state index contributed by atoms with van der Waals surface area (Å²) in [5, 5.41) is 7.87. The van der Waals surface area contributed by atoms with Gasteiger partial charge in [-0.15, -0.1) is 0 Å². The van der Waals surface area contributed by atoms with Crippen LogP contribution >= 0.6 is 0 Å². The summed E-state index contributed by atoms with van der Waals surface area (Å²) in [6, 6.07) is 8.73. The average molecular weight is 421 g/mol. The van der Waals surface area contributed by atoms with E-state index in [2.05, 4.69) is 49.7 Å². The number of methoxy groups -OCH3 is 1. The number of aliphatic imine (C=N–C) groups is 1. The lowest BCUT2D eigenvalue weighted by molar-refractivity contribution is 0.0819. The predicted octanol–water partition coefficient (Wildman–Crippen LogP) is 1.78. The second-order valence-electron chi connectivity index (χ2n) is 8.12. The highest BCUT2D eigenvalue weighted by molar-refractivity contribution is 5.77. The van der Waals surface area contributed by atoms with Crippen LogP contribution in [0.25, 0.3) is 5.70 Å². The number of ether oxygens (including phenoxy) is 1. The van der Waals surface area contributed by atoms with Crippen LogP contribution in [-0.4, -0.2) is 52.4 Å². The van der Waals surface area contributed by atoms with Crippen molar-refractivity contribution >= 4 is 17.7 Å². The van der Waals surface area contributed by atoms with Crippen LogP contribution in [0.1, 0.15) is 24.0 Å². The van der Waals surface area contributed by atoms with Gasteiger partial charge >= 0.3 is 0 Å². The zero-order valence-corrected chi connectivity index (χ0v) is 17.9. The molecule has 5 rings (SSSR count). The maximum Gasteiger partial charge on any atom is 0.117 e. The van der Waals surface area contributed by atoms with E-state index in [-0.39, 0.29) is 0 Å². The number of fused-ring (bicyclic) bond motifs is 1. The Labute approximate surface area is 182 Å². The molecule has 0 bridgehead atoms. The van der Waals surface area contributed by atoms with Gasteiger partial charge in [0.15, 0.2) is 0 Å². The number of aryl methyl sites for hydroxylation is 1. The molecule has 1 saturated heterocycles. The van der Waals surface area contributed by atoms with Crippen LogP contribution in [0, 0.1) is 0 Å². The molecule has 31 heavy (non-hydrogen) atoms. The molecule has 4 heterocycles. The summed E-state index contributed by atoms with van der Waals surface area (Å²) in [5.41, 5.74) is 9.70. The van der Waals surface area contributed by atoms with Crippen LogP contribution in [0.4, 0.5) is 5.69 Å². The molecule has 0 spiro atoms. The van der Waals surface area contributed by atoms with E-state index in [1.54, 1.807) is 18.1 Å². The first kappa shape index (κ1) is 19.7. The Bertz CT molecular complexity index is 1050. The van der Waals surface area contributed by atoms with Crippen LogP contribution < -0.4 is 16.2 Å². The first-order valence-electron chi connectivity index (χ1n) is 10.5. The fraction of sp³-hybridized carbons (Fsp3) is 0.364. The smallest absolute Gasteiger partial charge is 0.117 e. The van der Waals surface area contributed by atoms with Gasteiger partial charge in [0, 0.05) is 50.9 Å². The highest BCUT2D eigenvalue weighted by Gasteiger charge is 2.30. The Morgan fingerprint density at radius 2 is 2.10 bits per heavy atom. The van der Waals surface area contributed by atoms with Crippen molar-refractivity contribution in [2.24, 2.45) is 17.9 Å². The molecule has 3 N–H and O–H groups in total. The van der Waals surface area contributed by atoms with E-state index in [0.717, 1.165) is 48.6 Å². The molecule has 0 radical (unpaired) electrons. The van der Waals surface area contributed by atoms with E-state index >= 15 is 0 Å². The number of benzene rings is 1. The predicted molar refractivity (Wildman–Crippen MR) is 120 cm³/mol. The Morgan fingerprint density at radius 3 is 2.84 bits per heavy atom. The second kappa shape index (κ2) is 8.09. The zero-order valence-electron chi connectivity index (χ0n) is 17.9. The summed E-state index contributed by atoms with van der Waals surface area (Å²) in [7, 11) is 3.71. The molecule has 0 unspecified atom stereocenters. The Hall–Kier alpha value is -3.30. The quantitative estimate of drug-likeness (QED) is 0.713. The van der Waals surface area contributed by atoms with Crippen LogP contribution in [0.2, 0.25) is 0 Å². The Morgan fingerprint density at radius 1 is 1.26 bits per heavy atom. The van der Waals surface area contributed by atoms with Crippen molar-refractivity contribution in [2.45, 2.75) is 25.5 Å². The van der Waals surface area contributed by atoms with Gasteiger partial charge in [-0.3, -0.25) is 20.1 Å². The van der Waals surface area contributed by atoms with E-state index in [4.69, 9.17) is 10.6 Å². The fourth-order valence-corrected chi connectivity index (χ4v) is 4.32. The van der Waals surface area contributed by atoms with Gasteiger partial charge in [0.25, 0.3) is 0 Å². The van der Waals surface area contributed by atoms with Gasteiger partial charge < -0.3 is 9.64 Å². The Kier molecular flexibility index (Phi) is 5.13. The number of aromatic nitrogens is 2. The minimum absolute atomic E-state index is 0.377. The number of nitrogens with zero attached hydrogens (tertiary/aromatic N) is 6. The third kappa shape index (κ3) is 3.89. The number of nitrogens with two attached hydrogens (primary N) is 1. The normalized spacial score (nSPS) is 19.1. The van der Waals surface area contributed by atoms with Crippen LogP contribution in [0.3, 0.4) is 0 Å². The van der Waals surface area contributed by atoms with E-state index in [1.807, 2.05) is 25.6 Å². The summed E-state index contributed by atoms with van der Waals surface area (Å²) in [5.74, 6) is 5.98. The van der Waals surface area contributed by atoms with Crippen molar-refractivity contribution in [2.75, 3.05) is 25.1 Å². The van der Waals surface area contributed by atoms with E-state index in [1.165, 1.54) is 16.3 Å². The molecule has 162 valence electrons. The van der Waals surface area contributed by atoms with E-state index in [0.29, 0.717) is 12.6 Å². The van der Waals surface area contributed by atoms with Crippen molar-refractivity contribution in [3.8, 4) is 0 Å². The van der Waals surface area contributed by atoms with Gasteiger partial charge in [0.2, 0.25) is 0 Å². The molecule has 1 aromatic carbocycles. The number of rotatable bonds is 5.